The molecule has 0 aliphatic heterocycles. The summed E-state index contributed by atoms with van der Waals surface area (Å²) in [5, 5.41) is 9.88. The number of benzene rings is 1. The van der Waals surface area contributed by atoms with Crippen molar-refractivity contribution in [2.75, 3.05) is 5.75 Å². The number of aromatic nitrogens is 3. The van der Waals surface area contributed by atoms with E-state index in [0.29, 0.717) is 10.8 Å². The highest BCUT2D eigenvalue weighted by Gasteiger charge is 2.12. The lowest BCUT2D eigenvalue weighted by molar-refractivity contribution is 0.794. The summed E-state index contributed by atoms with van der Waals surface area (Å²) < 4.78 is 1.98. The van der Waals surface area contributed by atoms with Gasteiger partial charge in [-0.15, -0.1) is 10.2 Å². The second kappa shape index (κ2) is 5.59. The molecule has 0 aliphatic carbocycles. The summed E-state index contributed by atoms with van der Waals surface area (Å²) in [6.45, 7) is 5.73. The van der Waals surface area contributed by atoms with Gasteiger partial charge in [-0.2, -0.15) is 0 Å². The Morgan fingerprint density at radius 3 is 2.78 bits per heavy atom. The molecule has 2 aromatic rings. The highest BCUT2D eigenvalue weighted by molar-refractivity contribution is 7.99. The summed E-state index contributed by atoms with van der Waals surface area (Å²) in [6.07, 6.45) is 0. The van der Waals surface area contributed by atoms with Crippen LogP contribution in [0.5, 0.6) is 0 Å². The molecule has 3 nitrogen and oxygen atoms in total. The fourth-order valence-corrected chi connectivity index (χ4v) is 2.47. The lowest BCUT2D eigenvalue weighted by atomic mass is 10.1. The molecule has 0 radical (unpaired) electrons. The average Bonchev–Trinajstić information content (AvgIpc) is 2.69. The van der Waals surface area contributed by atoms with Gasteiger partial charge in [0.05, 0.1) is 0 Å². The minimum Gasteiger partial charge on any atom is -0.305 e. The fraction of sp³-hybridized carbons (Fsp3) is 0.231. The van der Waals surface area contributed by atoms with E-state index in [9.17, 15) is 0 Å². The van der Waals surface area contributed by atoms with E-state index in [2.05, 4.69) is 29.8 Å². The van der Waals surface area contributed by atoms with E-state index >= 15 is 0 Å². The third kappa shape index (κ3) is 2.76. The molecular weight excluding hydrogens is 266 g/mol. The van der Waals surface area contributed by atoms with Crippen LogP contribution >= 0.6 is 23.4 Å². The van der Waals surface area contributed by atoms with E-state index in [4.69, 9.17) is 11.6 Å². The first-order chi connectivity index (χ1) is 8.59. The molecule has 0 fully saturated rings. The molecule has 94 valence electrons. The van der Waals surface area contributed by atoms with Crippen LogP contribution < -0.4 is 0 Å². The summed E-state index contributed by atoms with van der Waals surface area (Å²) in [7, 11) is 1.96. The zero-order chi connectivity index (χ0) is 13.1. The van der Waals surface area contributed by atoms with Crippen LogP contribution in [0, 0.1) is 6.92 Å². The predicted molar refractivity (Wildman–Crippen MR) is 76.9 cm³/mol. The molecule has 0 bridgehead atoms. The molecule has 0 N–H and O–H groups in total. The number of hydrogen-bond acceptors (Lipinski definition) is 3. The Kier molecular flexibility index (Phi) is 4.09. The first kappa shape index (κ1) is 13.2. The molecule has 0 saturated heterocycles. The van der Waals surface area contributed by atoms with Crippen molar-refractivity contribution in [3.63, 3.8) is 0 Å². The lowest BCUT2D eigenvalue weighted by Gasteiger charge is -2.05. The SMILES string of the molecule is C=C(Cl)CSc1nnc(-c2ccccc2C)n1C. The van der Waals surface area contributed by atoms with Gasteiger partial charge in [-0.3, -0.25) is 0 Å². The van der Waals surface area contributed by atoms with Crippen LogP contribution in [0.15, 0.2) is 41.0 Å². The number of thioether (sulfide) groups is 1. The monoisotopic (exact) mass is 279 g/mol. The second-order valence-electron chi connectivity index (χ2n) is 3.99. The normalized spacial score (nSPS) is 10.6. The molecular formula is C13H14ClN3S. The van der Waals surface area contributed by atoms with Crippen LogP contribution in [-0.4, -0.2) is 20.5 Å². The molecule has 0 amide bonds. The third-order valence-electron chi connectivity index (χ3n) is 2.58. The first-order valence-corrected chi connectivity index (χ1v) is 6.87. The Morgan fingerprint density at radius 1 is 1.39 bits per heavy atom. The first-order valence-electron chi connectivity index (χ1n) is 5.51. The Bertz CT molecular complexity index is 577. The van der Waals surface area contributed by atoms with Gasteiger partial charge in [-0.1, -0.05) is 54.2 Å². The Balaban J connectivity index is 2.31. The maximum atomic E-state index is 5.76. The molecule has 1 heterocycles. The van der Waals surface area contributed by atoms with E-state index in [0.717, 1.165) is 16.5 Å². The number of hydrogen-bond donors (Lipinski definition) is 0. The number of halogens is 1. The molecule has 0 aliphatic rings. The molecule has 18 heavy (non-hydrogen) atoms. The summed E-state index contributed by atoms with van der Waals surface area (Å²) in [4.78, 5) is 0. The van der Waals surface area contributed by atoms with Crippen molar-refractivity contribution >= 4 is 23.4 Å². The Hall–Kier alpha value is -1.26. The molecule has 0 spiro atoms. The van der Waals surface area contributed by atoms with Gasteiger partial charge in [-0.25, -0.2) is 0 Å². The molecule has 5 heteroatoms. The smallest absolute Gasteiger partial charge is 0.191 e. The lowest BCUT2D eigenvalue weighted by Crippen LogP contribution is -1.96. The van der Waals surface area contributed by atoms with Gasteiger partial charge in [-0.05, 0) is 12.5 Å². The van der Waals surface area contributed by atoms with Gasteiger partial charge in [0.25, 0.3) is 0 Å². The van der Waals surface area contributed by atoms with Crippen molar-refractivity contribution in [2.24, 2.45) is 7.05 Å². The summed E-state index contributed by atoms with van der Waals surface area (Å²) in [5.41, 5.74) is 2.29. The van der Waals surface area contributed by atoms with E-state index in [-0.39, 0.29) is 0 Å². The van der Waals surface area contributed by atoms with Crippen molar-refractivity contribution < 1.29 is 0 Å². The van der Waals surface area contributed by atoms with Gasteiger partial charge in [0.15, 0.2) is 11.0 Å². The van der Waals surface area contributed by atoms with Gasteiger partial charge in [0.1, 0.15) is 0 Å². The van der Waals surface area contributed by atoms with Gasteiger partial charge in [0.2, 0.25) is 0 Å². The highest BCUT2D eigenvalue weighted by Crippen LogP contribution is 2.25. The minimum atomic E-state index is 0.612. The van der Waals surface area contributed by atoms with Gasteiger partial charge < -0.3 is 4.57 Å². The third-order valence-corrected chi connectivity index (χ3v) is 3.98. The van der Waals surface area contributed by atoms with Crippen molar-refractivity contribution in [3.05, 3.63) is 41.4 Å². The maximum Gasteiger partial charge on any atom is 0.191 e. The molecule has 0 saturated carbocycles. The predicted octanol–water partition coefficient (Wildman–Crippen LogP) is 3.64. The van der Waals surface area contributed by atoms with Gasteiger partial charge in [0, 0.05) is 23.4 Å². The zero-order valence-corrected chi connectivity index (χ0v) is 11.9. The zero-order valence-electron chi connectivity index (χ0n) is 10.4. The van der Waals surface area contributed by atoms with Crippen molar-refractivity contribution in [2.45, 2.75) is 12.1 Å². The van der Waals surface area contributed by atoms with Crippen LogP contribution in [0.2, 0.25) is 0 Å². The summed E-state index contributed by atoms with van der Waals surface area (Å²) in [5.74, 6) is 1.51. The number of nitrogens with zero attached hydrogens (tertiary/aromatic N) is 3. The molecule has 0 unspecified atom stereocenters. The van der Waals surface area contributed by atoms with Crippen molar-refractivity contribution in [1.29, 1.82) is 0 Å². The van der Waals surface area contributed by atoms with Crippen LogP contribution in [0.3, 0.4) is 0 Å². The number of rotatable bonds is 4. The largest absolute Gasteiger partial charge is 0.305 e. The van der Waals surface area contributed by atoms with Crippen LogP contribution in [0.1, 0.15) is 5.56 Å². The molecule has 2 rings (SSSR count). The molecule has 1 aromatic heterocycles. The van der Waals surface area contributed by atoms with Crippen LogP contribution in [0.25, 0.3) is 11.4 Å². The Morgan fingerprint density at radius 2 is 2.11 bits per heavy atom. The number of aryl methyl sites for hydroxylation is 1. The topological polar surface area (TPSA) is 30.7 Å². The standard InChI is InChI=1S/C13H14ClN3S/c1-9-6-4-5-7-11(9)12-15-16-13(17(12)3)18-8-10(2)14/h4-7H,2,8H2,1,3H3. The Labute approximate surface area is 116 Å². The minimum absolute atomic E-state index is 0.612. The fourth-order valence-electron chi connectivity index (χ4n) is 1.64. The van der Waals surface area contributed by atoms with Gasteiger partial charge >= 0.3 is 0 Å². The van der Waals surface area contributed by atoms with E-state index in [1.807, 2.05) is 29.8 Å². The molecule has 0 atom stereocenters. The molecule has 1 aromatic carbocycles. The van der Waals surface area contributed by atoms with Crippen LogP contribution in [0.4, 0.5) is 0 Å². The van der Waals surface area contributed by atoms with E-state index in [1.165, 1.54) is 17.3 Å². The summed E-state index contributed by atoms with van der Waals surface area (Å²) >= 11 is 7.29. The van der Waals surface area contributed by atoms with Crippen molar-refractivity contribution in [3.8, 4) is 11.4 Å². The van der Waals surface area contributed by atoms with Crippen LogP contribution in [-0.2, 0) is 7.05 Å². The highest BCUT2D eigenvalue weighted by atomic mass is 35.5. The summed E-state index contributed by atoms with van der Waals surface area (Å²) in [6, 6.07) is 8.14. The average molecular weight is 280 g/mol. The second-order valence-corrected chi connectivity index (χ2v) is 5.46. The van der Waals surface area contributed by atoms with Crippen molar-refractivity contribution in [1.82, 2.24) is 14.8 Å². The van der Waals surface area contributed by atoms with E-state index in [1.54, 1.807) is 0 Å². The quantitative estimate of drug-likeness (QED) is 0.801. The maximum absolute atomic E-state index is 5.76. The van der Waals surface area contributed by atoms with E-state index < -0.39 is 0 Å².